The van der Waals surface area contributed by atoms with E-state index in [0.29, 0.717) is 30.0 Å². The number of benzene rings is 2. The van der Waals surface area contributed by atoms with Crippen LogP contribution in [-0.2, 0) is 6.42 Å². The Morgan fingerprint density at radius 1 is 1.07 bits per heavy atom. The maximum absolute atomic E-state index is 13.2. The molecule has 2 aromatic heterocycles. The number of halogens is 1. The number of aromatic amines is 1. The van der Waals surface area contributed by atoms with Gasteiger partial charge in [-0.2, -0.15) is 0 Å². The van der Waals surface area contributed by atoms with Gasteiger partial charge in [-0.15, -0.1) is 0 Å². The molecule has 0 saturated carbocycles. The molecule has 0 aliphatic heterocycles. The van der Waals surface area contributed by atoms with Crippen LogP contribution in [0.4, 0.5) is 15.9 Å². The molecule has 0 aliphatic carbocycles. The van der Waals surface area contributed by atoms with Gasteiger partial charge in [-0.05, 0) is 36.4 Å². The van der Waals surface area contributed by atoms with Crippen LogP contribution in [0, 0.1) is 5.82 Å². The van der Waals surface area contributed by atoms with E-state index in [2.05, 4.69) is 30.6 Å². The van der Waals surface area contributed by atoms with Crippen molar-refractivity contribution in [3.05, 3.63) is 78.4 Å². The first-order chi connectivity index (χ1) is 13.7. The van der Waals surface area contributed by atoms with E-state index in [1.807, 2.05) is 24.3 Å². The number of aromatic nitrogens is 4. The monoisotopic (exact) mass is 376 g/mol. The number of carbonyl (C=O) groups is 1. The molecule has 28 heavy (non-hydrogen) atoms. The number of anilines is 2. The van der Waals surface area contributed by atoms with Crippen LogP contribution in [0.25, 0.3) is 10.9 Å². The minimum Gasteiger partial charge on any atom is -0.349 e. The van der Waals surface area contributed by atoms with Crippen LogP contribution in [0.3, 0.4) is 0 Å². The SMILES string of the molecule is O=C(NCCc1cnc[nH]1)c1nc(Nc2ccc(F)cc2)c2ccccc2n1. The Bertz CT molecular complexity index is 1100. The summed E-state index contributed by atoms with van der Waals surface area (Å²) in [6, 6.07) is 13.3. The summed E-state index contributed by atoms with van der Waals surface area (Å²) in [6.07, 6.45) is 3.93. The Balaban J connectivity index is 1.57. The van der Waals surface area contributed by atoms with Crippen LogP contribution >= 0.6 is 0 Å². The highest BCUT2D eigenvalue weighted by molar-refractivity contribution is 5.97. The molecule has 2 heterocycles. The molecule has 4 rings (SSSR count). The maximum atomic E-state index is 13.2. The van der Waals surface area contributed by atoms with Gasteiger partial charge in [-0.3, -0.25) is 4.79 Å². The van der Waals surface area contributed by atoms with Crippen molar-refractivity contribution in [2.45, 2.75) is 6.42 Å². The van der Waals surface area contributed by atoms with E-state index in [0.717, 1.165) is 11.1 Å². The van der Waals surface area contributed by atoms with Gasteiger partial charge >= 0.3 is 0 Å². The lowest BCUT2D eigenvalue weighted by molar-refractivity contribution is 0.0944. The zero-order valence-electron chi connectivity index (χ0n) is 14.8. The van der Waals surface area contributed by atoms with Gasteiger partial charge in [0.1, 0.15) is 11.6 Å². The molecule has 0 aliphatic rings. The Morgan fingerprint density at radius 3 is 2.68 bits per heavy atom. The average molecular weight is 376 g/mol. The number of para-hydroxylation sites is 1. The van der Waals surface area contributed by atoms with Crippen molar-refractivity contribution < 1.29 is 9.18 Å². The number of rotatable bonds is 6. The van der Waals surface area contributed by atoms with Gasteiger partial charge in [-0.1, -0.05) is 12.1 Å². The van der Waals surface area contributed by atoms with E-state index in [4.69, 9.17) is 0 Å². The lowest BCUT2D eigenvalue weighted by Gasteiger charge is -2.11. The van der Waals surface area contributed by atoms with Crippen molar-refractivity contribution in [2.24, 2.45) is 0 Å². The van der Waals surface area contributed by atoms with Gasteiger partial charge in [0.2, 0.25) is 5.82 Å². The van der Waals surface area contributed by atoms with Crippen molar-refractivity contribution in [1.82, 2.24) is 25.3 Å². The molecule has 8 heteroatoms. The quantitative estimate of drug-likeness (QED) is 0.480. The van der Waals surface area contributed by atoms with E-state index < -0.39 is 0 Å². The van der Waals surface area contributed by atoms with Crippen LogP contribution in [0.15, 0.2) is 61.1 Å². The maximum Gasteiger partial charge on any atom is 0.289 e. The van der Waals surface area contributed by atoms with Crippen molar-refractivity contribution in [1.29, 1.82) is 0 Å². The zero-order chi connectivity index (χ0) is 19.3. The molecule has 3 N–H and O–H groups in total. The van der Waals surface area contributed by atoms with Crippen LogP contribution in [0.5, 0.6) is 0 Å². The molecule has 2 aromatic carbocycles. The average Bonchev–Trinajstić information content (AvgIpc) is 3.23. The second-order valence-electron chi connectivity index (χ2n) is 6.13. The molecule has 140 valence electrons. The number of H-pyrrole nitrogens is 1. The minimum atomic E-state index is -0.368. The highest BCUT2D eigenvalue weighted by Gasteiger charge is 2.14. The highest BCUT2D eigenvalue weighted by atomic mass is 19.1. The lowest BCUT2D eigenvalue weighted by Crippen LogP contribution is -2.27. The third-order valence-electron chi connectivity index (χ3n) is 4.15. The smallest absolute Gasteiger partial charge is 0.289 e. The molecular formula is C20H17FN6O. The summed E-state index contributed by atoms with van der Waals surface area (Å²) in [5, 5.41) is 6.71. The van der Waals surface area contributed by atoms with Crippen LogP contribution < -0.4 is 10.6 Å². The van der Waals surface area contributed by atoms with Crippen LogP contribution in [-0.4, -0.2) is 32.4 Å². The molecule has 0 saturated heterocycles. The molecule has 4 aromatic rings. The topological polar surface area (TPSA) is 95.6 Å². The number of hydrogen-bond acceptors (Lipinski definition) is 5. The van der Waals surface area contributed by atoms with E-state index >= 15 is 0 Å². The first kappa shape index (κ1) is 17.6. The van der Waals surface area contributed by atoms with Gasteiger partial charge in [0, 0.05) is 35.9 Å². The summed E-state index contributed by atoms with van der Waals surface area (Å²) < 4.78 is 13.2. The Labute approximate surface area is 160 Å². The van der Waals surface area contributed by atoms with Gasteiger partial charge in [0.05, 0.1) is 11.8 Å². The number of carbonyl (C=O) groups excluding carboxylic acids is 1. The standard InChI is InChI=1S/C20H17FN6O/c21-13-5-7-14(8-6-13)25-18-16-3-1-2-4-17(16)26-19(27-18)20(28)23-10-9-15-11-22-12-24-15/h1-8,11-12H,9-10H2,(H,22,24)(H,23,28)(H,25,26,27). The predicted octanol–water partition coefficient (Wildman–Crippen LogP) is 3.21. The van der Waals surface area contributed by atoms with Crippen molar-refractivity contribution in [3.63, 3.8) is 0 Å². The number of imidazole rings is 1. The third kappa shape index (κ3) is 3.96. The van der Waals surface area contributed by atoms with Gasteiger partial charge in [-0.25, -0.2) is 19.3 Å². The van der Waals surface area contributed by atoms with Crippen molar-refractivity contribution in [3.8, 4) is 0 Å². The zero-order valence-corrected chi connectivity index (χ0v) is 14.8. The molecular weight excluding hydrogens is 359 g/mol. The molecule has 0 atom stereocenters. The summed E-state index contributed by atoms with van der Waals surface area (Å²) in [5.74, 6) is -0.147. The van der Waals surface area contributed by atoms with E-state index in [9.17, 15) is 9.18 Å². The van der Waals surface area contributed by atoms with Crippen molar-refractivity contribution in [2.75, 3.05) is 11.9 Å². The second-order valence-corrected chi connectivity index (χ2v) is 6.13. The highest BCUT2D eigenvalue weighted by Crippen LogP contribution is 2.24. The molecule has 1 amide bonds. The normalized spacial score (nSPS) is 10.8. The van der Waals surface area contributed by atoms with E-state index in [1.54, 1.807) is 24.7 Å². The first-order valence-electron chi connectivity index (χ1n) is 8.74. The molecule has 0 spiro atoms. The second kappa shape index (κ2) is 7.83. The fourth-order valence-corrected chi connectivity index (χ4v) is 2.75. The summed E-state index contributed by atoms with van der Waals surface area (Å²) >= 11 is 0. The van der Waals surface area contributed by atoms with E-state index in [-0.39, 0.29) is 17.5 Å². The minimum absolute atomic E-state index is 0.0629. The number of hydrogen-bond donors (Lipinski definition) is 3. The molecule has 0 unspecified atom stereocenters. The Hall–Kier alpha value is -3.81. The first-order valence-corrected chi connectivity index (χ1v) is 8.74. The fourth-order valence-electron chi connectivity index (χ4n) is 2.75. The number of nitrogens with zero attached hydrogens (tertiary/aromatic N) is 3. The number of nitrogens with one attached hydrogen (secondary N) is 3. The predicted molar refractivity (Wildman–Crippen MR) is 104 cm³/mol. The summed E-state index contributed by atoms with van der Waals surface area (Å²) in [6.45, 7) is 0.429. The van der Waals surface area contributed by atoms with Crippen LogP contribution in [0.2, 0.25) is 0 Å². The lowest BCUT2D eigenvalue weighted by atomic mass is 10.2. The summed E-state index contributed by atoms with van der Waals surface area (Å²) in [5.41, 5.74) is 2.23. The molecule has 0 fully saturated rings. The Morgan fingerprint density at radius 2 is 1.89 bits per heavy atom. The third-order valence-corrected chi connectivity index (χ3v) is 4.15. The van der Waals surface area contributed by atoms with Gasteiger partial charge in [0.25, 0.3) is 5.91 Å². The molecule has 0 bridgehead atoms. The summed E-state index contributed by atoms with van der Waals surface area (Å²) in [4.78, 5) is 28.2. The van der Waals surface area contributed by atoms with E-state index in [1.165, 1.54) is 12.1 Å². The van der Waals surface area contributed by atoms with Gasteiger partial charge < -0.3 is 15.6 Å². The fraction of sp³-hybridized carbons (Fsp3) is 0.100. The van der Waals surface area contributed by atoms with Crippen LogP contribution in [0.1, 0.15) is 16.3 Å². The molecule has 0 radical (unpaired) electrons. The number of amides is 1. The number of fused-ring (bicyclic) bond motifs is 1. The Kier molecular flexibility index (Phi) is 4.92. The van der Waals surface area contributed by atoms with Gasteiger partial charge in [0.15, 0.2) is 0 Å². The summed E-state index contributed by atoms with van der Waals surface area (Å²) in [7, 11) is 0. The molecule has 7 nitrogen and oxygen atoms in total. The largest absolute Gasteiger partial charge is 0.349 e. The van der Waals surface area contributed by atoms with Crippen molar-refractivity contribution >= 4 is 28.3 Å².